The molecule has 0 bridgehead atoms. The monoisotopic (exact) mass is 807 g/mol. The minimum atomic E-state index is -0.250. The lowest BCUT2D eigenvalue weighted by molar-refractivity contribution is 0.419. The molecule has 4 aliphatic rings. The summed E-state index contributed by atoms with van der Waals surface area (Å²) in [5, 5.41) is 0. The van der Waals surface area contributed by atoms with Gasteiger partial charge in [0.15, 0.2) is 0 Å². The second-order valence-electron chi connectivity index (χ2n) is 18.5. The summed E-state index contributed by atoms with van der Waals surface area (Å²) in [6.07, 6.45) is 0. The van der Waals surface area contributed by atoms with Gasteiger partial charge in [-0.3, -0.25) is 0 Å². The highest BCUT2D eigenvalue weighted by Crippen LogP contribution is 2.61. The van der Waals surface area contributed by atoms with E-state index in [0.717, 1.165) is 49.9 Å². The topological polar surface area (TPSA) is 21.7 Å². The van der Waals surface area contributed by atoms with Crippen molar-refractivity contribution >= 4 is 28.8 Å². The highest BCUT2D eigenvalue weighted by atomic mass is 32.2. The fourth-order valence-electron chi connectivity index (χ4n) is 10.7. The van der Waals surface area contributed by atoms with Gasteiger partial charge in [0.2, 0.25) is 0 Å². The zero-order valence-electron chi connectivity index (χ0n) is 35.3. The van der Waals surface area contributed by atoms with Gasteiger partial charge in [-0.15, -0.1) is 0 Å². The number of hydrogen-bond donors (Lipinski definition) is 0. The van der Waals surface area contributed by atoms with E-state index in [1.807, 2.05) is 0 Å². The molecule has 2 aliphatic carbocycles. The van der Waals surface area contributed by atoms with E-state index in [2.05, 4.69) is 210 Å². The average molecular weight is 808 g/mol. The van der Waals surface area contributed by atoms with Crippen LogP contribution in [0.3, 0.4) is 0 Å². The van der Waals surface area contributed by atoms with Gasteiger partial charge in [-0.2, -0.15) is 0 Å². The summed E-state index contributed by atoms with van der Waals surface area (Å²) in [5.74, 6) is 3.82. The predicted octanol–water partition coefficient (Wildman–Crippen LogP) is 16.1. The van der Waals surface area contributed by atoms with Crippen LogP contribution in [0.4, 0.5) is 17.1 Å². The third-order valence-corrected chi connectivity index (χ3v) is 15.1. The molecule has 0 spiro atoms. The van der Waals surface area contributed by atoms with Gasteiger partial charge in [0, 0.05) is 55.6 Å². The van der Waals surface area contributed by atoms with Gasteiger partial charge in [-0.25, -0.2) is 0 Å². The fraction of sp³-hybridized carbons (Fsp3) is 0.158. The van der Waals surface area contributed by atoms with Gasteiger partial charge >= 0.3 is 0 Å². The van der Waals surface area contributed by atoms with Crippen LogP contribution < -0.4 is 14.4 Å². The second kappa shape index (κ2) is 12.8. The molecule has 2 aliphatic heterocycles. The summed E-state index contributed by atoms with van der Waals surface area (Å²) in [4.78, 5) is 4.75. The molecule has 296 valence electrons. The first-order chi connectivity index (χ1) is 29.5. The number of ether oxygens (including phenoxy) is 2. The first-order valence-electron chi connectivity index (χ1n) is 21.3. The Labute approximate surface area is 362 Å². The van der Waals surface area contributed by atoms with E-state index in [9.17, 15) is 0 Å². The first kappa shape index (κ1) is 36.4. The molecular formula is C57H45NO2S. The van der Waals surface area contributed by atoms with Crippen molar-refractivity contribution in [3.63, 3.8) is 0 Å². The van der Waals surface area contributed by atoms with Crippen molar-refractivity contribution in [1.29, 1.82) is 0 Å². The molecule has 0 atom stereocenters. The van der Waals surface area contributed by atoms with E-state index in [4.69, 9.17) is 9.47 Å². The Kier molecular flexibility index (Phi) is 7.61. The van der Waals surface area contributed by atoms with Gasteiger partial charge in [0.1, 0.15) is 23.0 Å². The molecule has 3 nitrogen and oxygen atoms in total. The van der Waals surface area contributed by atoms with Crippen LogP contribution in [0.15, 0.2) is 174 Å². The maximum absolute atomic E-state index is 6.89. The van der Waals surface area contributed by atoms with E-state index in [0.29, 0.717) is 0 Å². The SMILES string of the molecule is CC1(C)c2ccccc2Oc2c1ccc1c2-c2ccc(N(c3ccc(-c4ccccc4)cc3)c3ccc4c(c3)C(C)(C)c3ccc5c(c3-4)Oc3ccccc3S5)cc2C1(C)C. The van der Waals surface area contributed by atoms with Crippen LogP contribution in [0, 0.1) is 0 Å². The van der Waals surface area contributed by atoms with E-state index < -0.39 is 0 Å². The number of fused-ring (bicyclic) bond motifs is 12. The molecule has 0 amide bonds. The molecule has 0 fully saturated rings. The maximum Gasteiger partial charge on any atom is 0.149 e. The minimum absolute atomic E-state index is 0.190. The van der Waals surface area contributed by atoms with Gasteiger partial charge < -0.3 is 14.4 Å². The highest BCUT2D eigenvalue weighted by Gasteiger charge is 2.44. The lowest BCUT2D eigenvalue weighted by Crippen LogP contribution is -2.25. The van der Waals surface area contributed by atoms with Crippen molar-refractivity contribution in [3.8, 4) is 56.4 Å². The third-order valence-electron chi connectivity index (χ3n) is 14.0. The summed E-state index contributed by atoms with van der Waals surface area (Å²) < 4.78 is 13.6. The molecular weight excluding hydrogens is 763 g/mol. The summed E-state index contributed by atoms with van der Waals surface area (Å²) in [6, 6.07) is 59.9. The van der Waals surface area contributed by atoms with Crippen molar-refractivity contribution in [2.24, 2.45) is 0 Å². The molecule has 0 N–H and O–H groups in total. The zero-order chi connectivity index (χ0) is 41.4. The summed E-state index contributed by atoms with van der Waals surface area (Å²) in [7, 11) is 0. The average Bonchev–Trinajstić information content (AvgIpc) is 3.65. The number of anilines is 3. The number of rotatable bonds is 4. The lowest BCUT2D eigenvalue weighted by Gasteiger charge is -2.36. The van der Waals surface area contributed by atoms with E-state index in [1.54, 1.807) is 11.8 Å². The Morgan fingerprint density at radius 1 is 0.377 bits per heavy atom. The summed E-state index contributed by atoms with van der Waals surface area (Å²) in [5.41, 5.74) is 17.6. The zero-order valence-corrected chi connectivity index (χ0v) is 36.1. The van der Waals surface area contributed by atoms with Crippen molar-refractivity contribution in [3.05, 3.63) is 197 Å². The number of nitrogens with zero attached hydrogens (tertiary/aromatic N) is 1. The van der Waals surface area contributed by atoms with Crippen LogP contribution in [0.1, 0.15) is 74.9 Å². The minimum Gasteiger partial charge on any atom is -0.456 e. The Morgan fingerprint density at radius 2 is 0.885 bits per heavy atom. The Bertz CT molecular complexity index is 3140. The van der Waals surface area contributed by atoms with Crippen LogP contribution in [0.25, 0.3) is 33.4 Å². The molecule has 8 aromatic carbocycles. The molecule has 0 radical (unpaired) electrons. The predicted molar refractivity (Wildman–Crippen MR) is 251 cm³/mol. The van der Waals surface area contributed by atoms with E-state index in [1.165, 1.54) is 66.8 Å². The van der Waals surface area contributed by atoms with Gasteiger partial charge in [0.05, 0.1) is 9.79 Å². The maximum atomic E-state index is 6.89. The molecule has 0 unspecified atom stereocenters. The van der Waals surface area contributed by atoms with Crippen molar-refractivity contribution < 1.29 is 9.47 Å². The number of para-hydroxylation sites is 2. The Morgan fingerprint density at radius 3 is 1.57 bits per heavy atom. The smallest absolute Gasteiger partial charge is 0.149 e. The fourth-order valence-corrected chi connectivity index (χ4v) is 11.6. The highest BCUT2D eigenvalue weighted by molar-refractivity contribution is 7.99. The summed E-state index contributed by atoms with van der Waals surface area (Å²) >= 11 is 1.79. The van der Waals surface area contributed by atoms with Gasteiger partial charge in [0.25, 0.3) is 0 Å². The summed E-state index contributed by atoms with van der Waals surface area (Å²) in [6.45, 7) is 14.1. The molecule has 12 rings (SSSR count). The third kappa shape index (κ3) is 5.18. The number of benzene rings is 8. The quantitative estimate of drug-likeness (QED) is 0.177. The largest absolute Gasteiger partial charge is 0.456 e. The van der Waals surface area contributed by atoms with E-state index >= 15 is 0 Å². The van der Waals surface area contributed by atoms with Crippen LogP contribution in [0.2, 0.25) is 0 Å². The Balaban J connectivity index is 1.01. The molecule has 8 aromatic rings. The van der Waals surface area contributed by atoms with Crippen LogP contribution in [0.5, 0.6) is 23.0 Å². The van der Waals surface area contributed by atoms with Gasteiger partial charge in [-0.05, 0) is 105 Å². The lowest BCUT2D eigenvalue weighted by atomic mass is 9.74. The van der Waals surface area contributed by atoms with Crippen LogP contribution in [-0.4, -0.2) is 0 Å². The first-order valence-corrected chi connectivity index (χ1v) is 22.1. The molecule has 4 heteroatoms. The normalized spacial score (nSPS) is 16.0. The van der Waals surface area contributed by atoms with Crippen molar-refractivity contribution in [2.75, 3.05) is 4.90 Å². The molecule has 0 saturated heterocycles. The van der Waals surface area contributed by atoms with E-state index in [-0.39, 0.29) is 16.2 Å². The Hall–Kier alpha value is -6.49. The van der Waals surface area contributed by atoms with Crippen LogP contribution in [-0.2, 0) is 16.2 Å². The van der Waals surface area contributed by atoms with Crippen LogP contribution >= 0.6 is 11.8 Å². The van der Waals surface area contributed by atoms with Crippen molar-refractivity contribution in [1.82, 2.24) is 0 Å². The molecule has 61 heavy (non-hydrogen) atoms. The molecule has 0 aromatic heterocycles. The number of hydrogen-bond acceptors (Lipinski definition) is 4. The molecule has 0 saturated carbocycles. The second-order valence-corrected chi connectivity index (χ2v) is 19.6. The van der Waals surface area contributed by atoms with Gasteiger partial charge in [-0.1, -0.05) is 156 Å². The standard InChI is InChI=1S/C57H45NO2S/c1-55(2)41-16-10-11-17-47(41)59-53-44(55)29-28-42-51(53)39-26-24-37(32-45(39)56(42,3)4)58(36-22-20-35(21-23-36)34-14-8-7-9-15-34)38-25-27-40-46(33-38)57(5,6)43-30-31-50-54(52(40)43)60-48-18-12-13-19-49(48)61-50/h7-33H,1-6H3. The molecule has 2 heterocycles. The van der Waals surface area contributed by atoms with Crippen molar-refractivity contribution in [2.45, 2.75) is 67.6 Å².